The zero-order valence-electron chi connectivity index (χ0n) is 67.0. The van der Waals surface area contributed by atoms with Crippen LogP contribution < -0.4 is 39.3 Å². The summed E-state index contributed by atoms with van der Waals surface area (Å²) >= 11 is 0. The molecule has 0 amide bonds. The monoisotopic (exact) mass is 2270 g/mol. The van der Waals surface area contributed by atoms with E-state index in [1.165, 1.54) is 9.44 Å². The number of carboxylic acid groups (broad SMARTS) is 4. The summed E-state index contributed by atoms with van der Waals surface area (Å²) in [5.74, 6) is -6.30. The van der Waals surface area contributed by atoms with Gasteiger partial charge in [0, 0.05) is 44.9 Å². The van der Waals surface area contributed by atoms with E-state index < -0.39 is 343 Å². The summed E-state index contributed by atoms with van der Waals surface area (Å²) in [5, 5.41) is 133. The van der Waals surface area contributed by atoms with Gasteiger partial charge in [-0.05, 0) is 6.08 Å². The second-order valence-corrected chi connectivity index (χ2v) is 37.6. The first-order valence-corrected chi connectivity index (χ1v) is 48.7. The van der Waals surface area contributed by atoms with Crippen molar-refractivity contribution in [3.63, 3.8) is 0 Å². The van der Waals surface area contributed by atoms with Crippen LogP contribution in [0.5, 0.6) is 0 Å². The third kappa shape index (κ3) is 70.7. The van der Waals surface area contributed by atoms with Crippen molar-refractivity contribution in [1.29, 1.82) is 0 Å². The Bertz CT molecular complexity index is 4780. The maximum absolute atomic E-state index is 10.6. The van der Waals surface area contributed by atoms with Crippen LogP contribution in [0.4, 0.5) is 0 Å². The molecule has 0 spiro atoms. The minimum Gasteiger partial charge on any atom is -0.735 e. The summed E-state index contributed by atoms with van der Waals surface area (Å²) in [6.07, 6.45) is -26.3. The first-order chi connectivity index (χ1) is 58.2. The summed E-state index contributed by atoms with van der Waals surface area (Å²) in [6.45, 7) is -5.39. The Kier molecular flexibility index (Phi) is 71.6. The molecule has 0 bridgehead atoms. The summed E-state index contributed by atoms with van der Waals surface area (Å²) in [7, 11) is -54.2. The number of carbonyl (C=O) groups excluding carboxylic acids is 4. The Balaban J connectivity index is -0.000000197. The predicted octanol–water partition coefficient (Wildman–Crippen LogP) is -29.5. The van der Waals surface area contributed by atoms with E-state index in [2.05, 4.69) is 48.2 Å². The number of aliphatic carboxylic acids is 4. The van der Waals surface area contributed by atoms with E-state index in [0.717, 1.165) is 6.08 Å². The molecule has 7 fully saturated rings. The third-order valence-corrected chi connectivity index (χ3v) is 21.1. The molecule has 0 aromatic rings. The van der Waals surface area contributed by atoms with Crippen molar-refractivity contribution in [3.05, 3.63) is 11.8 Å². The molecule has 16 unspecified atom stereocenters. The summed E-state index contributed by atoms with van der Waals surface area (Å²) < 4.78 is 413. The van der Waals surface area contributed by atoms with Gasteiger partial charge in [-0.15, -0.1) is 0 Å². The standard InChI is InChI=1S/C6H13NO12S3.C6H13NO10S2.2C6H13NO9S2.2C6H10O8S.C6H10O5.C6H8O5.2CH4.7H2O/c8-20(9,10)7-5-3-17-4(2-18-21(11,12)13)1-6(5)19-22(14,15)16;8-4-1-3(2-16-19(13,14)15)17-6(9)5(4)7-18(10,11)12;2*8-6-1-4(2-16-18(12,13)14)15-3-5(6)7-17(9,10)11;2*7-3-1-4(6(8)9)13-2-5(3)14-15(10,11)12;2*7-3-1-5(6(9)10)11-2-4(3)8;;;;;;;;;/h4-7H,1-3H2,(H,8,9,10)(H,11,12,13)(H,14,15,16);3-9H,1-2H2,(H,10,11,12)(H,13,14,15);2*4-8H,1-3H2,(H,9,10,11)(H,12,13,14);2*3-5,7H,1-2H2,(H,8,9)(H,10,11,12);3-5,7-8H,1-2H2,(H,9,10);1,3-4,7-8H,2H2,(H,9,10);2*1H4;7*1H2/p-15/t4?,5?,6-;3?,4-,5?,6?;2*4?,5?,6-;3*3-,4?,5?;3-,4?;;;;;;;;;/m11111111........./s1. The summed E-state index contributed by atoms with van der Waals surface area (Å²) in [4.78, 5) is 40.9. The van der Waals surface area contributed by atoms with Crippen molar-refractivity contribution >= 4 is 138 Å². The molecule has 24 atom stereocenters. The van der Waals surface area contributed by atoms with Crippen LogP contribution in [-0.2, 0) is 200 Å². The van der Waals surface area contributed by atoms with Crippen molar-refractivity contribution in [2.45, 2.75) is 206 Å². The lowest BCUT2D eigenvalue weighted by molar-refractivity contribution is -0.322. The second-order valence-electron chi connectivity index (χ2n) is 25.8. The van der Waals surface area contributed by atoms with Gasteiger partial charge in [-0.25, -0.2) is 111 Å². The van der Waals surface area contributed by atoms with E-state index >= 15 is 0 Å². The fourth-order valence-corrected chi connectivity index (χ4v) is 15.2. The normalized spacial score (nSPS) is 29.5. The minimum absolute atomic E-state index is 0. The van der Waals surface area contributed by atoms with Crippen LogP contribution in [0, 0.1) is 0 Å². The summed E-state index contributed by atoms with van der Waals surface area (Å²) in [6, 6.07) is -5.32. The Labute approximate surface area is 782 Å². The number of carbonyl (C=O) groups is 4. The van der Waals surface area contributed by atoms with E-state index in [9.17, 15) is 213 Å². The quantitative estimate of drug-likeness (QED) is 0.0235. The molecule has 7 saturated heterocycles. The van der Waals surface area contributed by atoms with E-state index in [1.54, 1.807) is 9.44 Å². The van der Waals surface area contributed by atoms with E-state index in [0.29, 0.717) is 0 Å². The molecule has 0 saturated carbocycles. The molecule has 0 aromatic carbocycles. The van der Waals surface area contributed by atoms with Crippen molar-refractivity contribution in [2.75, 3.05) is 72.7 Å². The predicted molar refractivity (Wildman–Crippen MR) is 401 cm³/mol. The second kappa shape index (κ2) is 65.5. The van der Waals surface area contributed by atoms with Gasteiger partial charge in [-0.1, -0.05) is 14.9 Å². The SMILES string of the molecule is C.C.O.O.O.O.O.O.O.O=C([O-])C1=C[C@@H](O)C(O)CO1.O=C([O-])C1C[C@@H](O)C(O)CO1.O=C([O-])C1C[C@@H](O)C(OS(=O)(=O)[O-])CO1.O=C([O-])C1C[C@@H](O)C(OS(=O)(=O)[O-])CO1.O=S(=O)([O-])NC1C(O)OC(COS(=O)(=O)[O-])C[C@H]1O.O=S(=O)([O-])NC1COC(COS(=O)(=O)[O-])C[C@H]1O.O=S(=O)([O-])NC1COC(COS(=O)(=O)[O-])C[C@H]1O.O=S(=O)([O-])NC1COC(COS(=O)(=O)[O-])C[C@H]1OS(=O)(=O)[O-]. The van der Waals surface area contributed by atoms with Crippen molar-refractivity contribution in [2.24, 2.45) is 0 Å². The fraction of sp³-hybridized carbons (Fsp3) is 0.880. The lowest BCUT2D eigenvalue weighted by atomic mass is 10.0. The topological polar surface area (TPSA) is 1400 Å². The van der Waals surface area contributed by atoms with Gasteiger partial charge in [-0.2, -0.15) is 0 Å². The third-order valence-electron chi connectivity index (χ3n) is 15.6. The fourth-order valence-electron chi connectivity index (χ4n) is 10.0. The molecule has 8 aliphatic heterocycles. The first kappa shape index (κ1) is 151. The number of hydrogen-bond donors (Lipinski definition) is 14. The first-order valence-electron chi connectivity index (χ1n) is 33.8. The van der Waals surface area contributed by atoms with Gasteiger partial charge < -0.3 is 217 Å². The van der Waals surface area contributed by atoms with Crippen LogP contribution in [0.3, 0.4) is 0 Å². The van der Waals surface area contributed by atoms with Crippen LogP contribution >= 0.6 is 0 Å². The van der Waals surface area contributed by atoms with Crippen molar-refractivity contribution < 1.29 is 339 Å². The smallest absolute Gasteiger partial charge is 0.218 e. The van der Waals surface area contributed by atoms with Gasteiger partial charge in [-0.3, -0.25) is 29.3 Å². The molecule has 8 heterocycles. The molecule has 0 aliphatic carbocycles. The Morgan fingerprint density at radius 1 is 0.312 bits per heavy atom. The van der Waals surface area contributed by atoms with E-state index in [4.69, 9.17) is 39.4 Å². The molecule has 0 aromatic heterocycles. The molecule has 28 N–H and O–H groups in total. The van der Waals surface area contributed by atoms with Gasteiger partial charge in [0.25, 0.3) is 0 Å². The van der Waals surface area contributed by atoms with Crippen LogP contribution in [0.15, 0.2) is 11.8 Å². The molecule has 836 valence electrons. The molecular weight excluding hydrogens is 2180 g/mol. The Morgan fingerprint density at radius 2 is 0.594 bits per heavy atom. The average molecular weight is 2280 g/mol. The van der Waals surface area contributed by atoms with Crippen molar-refractivity contribution in [1.82, 2.24) is 18.9 Å². The largest absolute Gasteiger partial charge is 0.735 e. The number of rotatable bonds is 30. The molecular formula is C50H97N4O73S11-15. The molecule has 88 heteroatoms. The van der Waals surface area contributed by atoms with Crippen LogP contribution in [-0.4, -0.2) is 475 Å². The molecule has 8 aliphatic rings. The van der Waals surface area contributed by atoms with Crippen molar-refractivity contribution in [3.8, 4) is 0 Å². The average Bonchev–Trinajstić information content (AvgIpc) is 0.830. The zero-order valence-corrected chi connectivity index (χ0v) is 76.0. The van der Waals surface area contributed by atoms with Gasteiger partial charge in [0.2, 0.25) is 72.8 Å². The van der Waals surface area contributed by atoms with E-state index in [-0.39, 0.29) is 118 Å². The number of aliphatic hydroxyl groups excluding tert-OH is 10. The molecule has 138 heavy (non-hydrogen) atoms. The maximum Gasteiger partial charge on any atom is 0.218 e. The highest BCUT2D eigenvalue weighted by molar-refractivity contribution is 7.85. The van der Waals surface area contributed by atoms with Crippen LogP contribution in [0.25, 0.3) is 0 Å². The zero-order chi connectivity index (χ0) is 100. The number of ether oxygens (including phenoxy) is 8. The highest BCUT2D eigenvalue weighted by Gasteiger charge is 2.41. The van der Waals surface area contributed by atoms with E-state index in [1.807, 2.05) is 0 Å². The lowest BCUT2D eigenvalue weighted by Gasteiger charge is -2.37. The Hall–Kier alpha value is -4.97. The number of carboxylic acids is 4. The van der Waals surface area contributed by atoms with Gasteiger partial charge in [0.1, 0.15) is 48.9 Å². The minimum atomic E-state index is -5.24. The maximum atomic E-state index is 10.6. The molecule has 77 nitrogen and oxygen atoms in total. The van der Waals surface area contributed by atoms with Crippen LogP contribution in [0.2, 0.25) is 0 Å². The van der Waals surface area contributed by atoms with Gasteiger partial charge >= 0.3 is 0 Å². The highest BCUT2D eigenvalue weighted by atomic mass is 32.3. The van der Waals surface area contributed by atoms with Crippen LogP contribution in [0.1, 0.15) is 59.8 Å². The highest BCUT2D eigenvalue weighted by Crippen LogP contribution is 2.25. The number of hydrogen-bond acceptors (Lipinski definition) is 66. The number of aliphatic hydroxyl groups is 10. The number of nitrogens with one attached hydrogen (secondary N) is 4. The lowest BCUT2D eigenvalue weighted by Crippen LogP contribution is -2.57. The van der Waals surface area contributed by atoms with Gasteiger partial charge in [0.15, 0.2) is 47.5 Å². The Morgan fingerprint density at radius 3 is 0.862 bits per heavy atom. The molecule has 0 radical (unpaired) electrons. The molecule has 8 rings (SSSR count). The summed E-state index contributed by atoms with van der Waals surface area (Å²) in [5.41, 5.74) is 0. The van der Waals surface area contributed by atoms with Gasteiger partial charge in [0.05, 0.1) is 194 Å².